The fourth-order valence-corrected chi connectivity index (χ4v) is 2.02. The number of ether oxygens (including phenoxy) is 1. The van der Waals surface area contributed by atoms with Crippen molar-refractivity contribution < 1.29 is 9.53 Å². The lowest BCUT2D eigenvalue weighted by Crippen LogP contribution is -2.15. The van der Waals surface area contributed by atoms with Crippen molar-refractivity contribution in [1.29, 1.82) is 0 Å². The zero-order valence-electron chi connectivity index (χ0n) is 14.5. The van der Waals surface area contributed by atoms with Crippen LogP contribution in [0.4, 0.5) is 0 Å². The number of nitrogens with zero attached hydrogens (tertiary/aromatic N) is 1. The highest BCUT2D eigenvalue weighted by Gasteiger charge is 2.10. The van der Waals surface area contributed by atoms with Gasteiger partial charge < -0.3 is 9.64 Å². The summed E-state index contributed by atoms with van der Waals surface area (Å²) < 4.78 is 5.41. The molecule has 0 aliphatic heterocycles. The fourth-order valence-electron chi connectivity index (χ4n) is 2.02. The van der Waals surface area contributed by atoms with E-state index < -0.39 is 0 Å². The summed E-state index contributed by atoms with van der Waals surface area (Å²) in [6.07, 6.45) is 10.4. The van der Waals surface area contributed by atoms with Crippen molar-refractivity contribution in [3.05, 3.63) is 23.9 Å². The van der Waals surface area contributed by atoms with Gasteiger partial charge in [0.2, 0.25) is 0 Å². The van der Waals surface area contributed by atoms with Gasteiger partial charge in [-0.25, -0.2) is 4.79 Å². The molecule has 0 aromatic carbocycles. The third-order valence-electron chi connectivity index (χ3n) is 3.77. The molecule has 1 unspecified atom stereocenters. The van der Waals surface area contributed by atoms with Crippen LogP contribution in [0.5, 0.6) is 0 Å². The van der Waals surface area contributed by atoms with Gasteiger partial charge in [-0.15, -0.1) is 0 Å². The Morgan fingerprint density at radius 2 is 1.86 bits per heavy atom. The Morgan fingerprint density at radius 1 is 1.19 bits per heavy atom. The second kappa shape index (κ2) is 12.5. The largest absolute Gasteiger partial charge is 0.462 e. The molecule has 0 radical (unpaired) electrons. The molecule has 0 N–H and O–H groups in total. The van der Waals surface area contributed by atoms with Crippen molar-refractivity contribution in [2.24, 2.45) is 5.92 Å². The molecule has 0 aromatic rings. The Labute approximate surface area is 131 Å². The third-order valence-corrected chi connectivity index (χ3v) is 3.77. The third kappa shape index (κ3) is 9.33. The summed E-state index contributed by atoms with van der Waals surface area (Å²) in [6, 6.07) is 0. The van der Waals surface area contributed by atoms with Crippen LogP contribution in [0.25, 0.3) is 0 Å². The van der Waals surface area contributed by atoms with Crippen LogP contribution in [0.2, 0.25) is 0 Å². The molecule has 3 heteroatoms. The van der Waals surface area contributed by atoms with E-state index in [0.717, 1.165) is 25.9 Å². The number of hydrogen-bond donors (Lipinski definition) is 0. The number of esters is 1. The lowest BCUT2D eigenvalue weighted by atomic mass is 10.0. The van der Waals surface area contributed by atoms with E-state index in [-0.39, 0.29) is 5.97 Å². The highest BCUT2D eigenvalue weighted by Crippen LogP contribution is 2.13. The number of unbranched alkanes of at least 4 members (excludes halogenated alkanes) is 1. The maximum atomic E-state index is 11.9. The average Bonchev–Trinajstić information content (AvgIpc) is 2.51. The summed E-state index contributed by atoms with van der Waals surface area (Å²) in [5.74, 6) is 0.294. The normalized spacial score (nSPS) is 13.5. The minimum Gasteiger partial charge on any atom is -0.462 e. The van der Waals surface area contributed by atoms with Gasteiger partial charge in [-0.3, -0.25) is 0 Å². The minimum absolute atomic E-state index is 0.200. The summed E-state index contributed by atoms with van der Waals surface area (Å²) in [5.41, 5.74) is 0.656. The van der Waals surface area contributed by atoms with E-state index in [2.05, 4.69) is 32.6 Å². The molecule has 0 heterocycles. The van der Waals surface area contributed by atoms with Crippen LogP contribution < -0.4 is 0 Å². The van der Waals surface area contributed by atoms with Gasteiger partial charge in [0.1, 0.15) is 0 Å². The number of carbonyl (C=O) groups excluding carboxylic acids is 1. The van der Waals surface area contributed by atoms with E-state index in [1.54, 1.807) is 0 Å². The monoisotopic (exact) mass is 295 g/mol. The Hall–Kier alpha value is -1.25. The second-order valence-electron chi connectivity index (χ2n) is 5.43. The van der Waals surface area contributed by atoms with Gasteiger partial charge in [-0.1, -0.05) is 39.2 Å². The van der Waals surface area contributed by atoms with Gasteiger partial charge in [-0.05, 0) is 45.4 Å². The lowest BCUT2D eigenvalue weighted by molar-refractivity contribution is -0.140. The Balaban J connectivity index is 4.25. The van der Waals surface area contributed by atoms with Crippen molar-refractivity contribution in [1.82, 2.24) is 4.90 Å². The van der Waals surface area contributed by atoms with E-state index in [1.807, 2.05) is 25.3 Å². The predicted molar refractivity (Wildman–Crippen MR) is 90.1 cm³/mol. The van der Waals surface area contributed by atoms with Crippen LogP contribution in [0, 0.1) is 5.92 Å². The topological polar surface area (TPSA) is 29.5 Å². The second-order valence-corrected chi connectivity index (χ2v) is 5.43. The maximum Gasteiger partial charge on any atom is 0.333 e. The first-order valence-electron chi connectivity index (χ1n) is 8.35. The van der Waals surface area contributed by atoms with Crippen molar-refractivity contribution >= 4 is 5.97 Å². The van der Waals surface area contributed by atoms with Gasteiger partial charge in [0.25, 0.3) is 0 Å². The average molecular weight is 295 g/mol. The zero-order valence-corrected chi connectivity index (χ0v) is 14.5. The van der Waals surface area contributed by atoms with E-state index >= 15 is 0 Å². The molecule has 0 aliphatic carbocycles. The summed E-state index contributed by atoms with van der Waals surface area (Å²) in [6.45, 7) is 12.9. The quantitative estimate of drug-likeness (QED) is 0.318. The molecule has 0 aliphatic rings. The van der Waals surface area contributed by atoms with Gasteiger partial charge >= 0.3 is 5.97 Å². The first-order valence-corrected chi connectivity index (χ1v) is 8.35. The van der Waals surface area contributed by atoms with Crippen LogP contribution >= 0.6 is 0 Å². The Kier molecular flexibility index (Phi) is 11.7. The first-order chi connectivity index (χ1) is 10.1. The van der Waals surface area contributed by atoms with Crippen LogP contribution in [-0.4, -0.2) is 30.6 Å². The molecule has 0 aromatic heterocycles. The first kappa shape index (κ1) is 19.8. The maximum absolute atomic E-state index is 11.9. The number of carbonyl (C=O) groups is 1. The number of hydrogen-bond acceptors (Lipinski definition) is 3. The number of allylic oxidation sites excluding steroid dienone is 2. The summed E-state index contributed by atoms with van der Waals surface area (Å²) in [5, 5.41) is 0. The van der Waals surface area contributed by atoms with Crippen molar-refractivity contribution in [2.45, 2.75) is 60.3 Å². The molecule has 0 bridgehead atoms. The summed E-state index contributed by atoms with van der Waals surface area (Å²) in [4.78, 5) is 14.1. The van der Waals surface area contributed by atoms with E-state index in [0.29, 0.717) is 18.1 Å². The zero-order chi connectivity index (χ0) is 16.1. The molecule has 0 saturated heterocycles. The molecule has 0 amide bonds. The molecule has 122 valence electrons. The predicted octanol–water partition coefficient (Wildman–Crippen LogP) is 4.55. The summed E-state index contributed by atoms with van der Waals surface area (Å²) in [7, 11) is 0. The van der Waals surface area contributed by atoms with E-state index in [9.17, 15) is 4.79 Å². The van der Waals surface area contributed by atoms with Crippen LogP contribution in [0.3, 0.4) is 0 Å². The molecule has 21 heavy (non-hydrogen) atoms. The van der Waals surface area contributed by atoms with Gasteiger partial charge in [0, 0.05) is 18.7 Å². The van der Waals surface area contributed by atoms with Gasteiger partial charge in [0.05, 0.1) is 6.61 Å². The molecule has 0 fully saturated rings. The standard InChI is InChI=1S/C18H33NO2/c1-6-10-13-17(7-2)15-21-18(20)16(5)12-11-14-19(8-3)9-4/h11-12,14,17H,6-10,13,15H2,1-5H3/b14-11+,16-12+. The van der Waals surface area contributed by atoms with Crippen molar-refractivity contribution in [2.75, 3.05) is 19.7 Å². The van der Waals surface area contributed by atoms with Gasteiger partial charge in [0.15, 0.2) is 0 Å². The number of rotatable bonds is 11. The minimum atomic E-state index is -0.200. The molecule has 0 rings (SSSR count). The van der Waals surface area contributed by atoms with Crippen LogP contribution in [-0.2, 0) is 9.53 Å². The van der Waals surface area contributed by atoms with Crippen molar-refractivity contribution in [3.8, 4) is 0 Å². The summed E-state index contributed by atoms with van der Waals surface area (Å²) >= 11 is 0. The smallest absolute Gasteiger partial charge is 0.333 e. The van der Waals surface area contributed by atoms with Crippen molar-refractivity contribution in [3.63, 3.8) is 0 Å². The molecule has 0 saturated carbocycles. The highest BCUT2D eigenvalue weighted by molar-refractivity contribution is 5.88. The Bertz CT molecular complexity index is 330. The molecule has 0 spiro atoms. The van der Waals surface area contributed by atoms with Crippen LogP contribution in [0.1, 0.15) is 60.3 Å². The van der Waals surface area contributed by atoms with E-state index in [1.165, 1.54) is 12.8 Å². The lowest BCUT2D eigenvalue weighted by Gasteiger charge is -2.15. The van der Waals surface area contributed by atoms with E-state index in [4.69, 9.17) is 4.74 Å². The fraction of sp³-hybridized carbons (Fsp3) is 0.722. The molecular formula is C18H33NO2. The molecular weight excluding hydrogens is 262 g/mol. The highest BCUT2D eigenvalue weighted by atomic mass is 16.5. The van der Waals surface area contributed by atoms with Gasteiger partial charge in [-0.2, -0.15) is 0 Å². The Morgan fingerprint density at radius 3 is 2.38 bits per heavy atom. The SMILES string of the molecule is CCCCC(CC)COC(=O)/C(C)=C/C=C/N(CC)CC. The van der Waals surface area contributed by atoms with Crippen LogP contribution in [0.15, 0.2) is 23.9 Å². The molecule has 1 atom stereocenters. The molecule has 3 nitrogen and oxygen atoms in total.